The first-order chi connectivity index (χ1) is 6.85. The Kier molecular flexibility index (Phi) is 4.85. The Hall–Kier alpha value is -0.120. The van der Waals surface area contributed by atoms with Gasteiger partial charge in [-0.25, -0.2) is 0 Å². The van der Waals surface area contributed by atoms with Crippen LogP contribution >= 0.6 is 0 Å². The van der Waals surface area contributed by atoms with E-state index in [-0.39, 0.29) is 5.60 Å². The van der Waals surface area contributed by atoms with Gasteiger partial charge >= 0.3 is 0 Å². The second kappa shape index (κ2) is 5.69. The third kappa shape index (κ3) is 2.69. The molecule has 1 spiro atoms. The molecular weight excluding hydrogens is 176 g/mol. The van der Waals surface area contributed by atoms with Crippen LogP contribution in [0.5, 0.6) is 0 Å². The van der Waals surface area contributed by atoms with E-state index in [1.165, 1.54) is 12.8 Å². The third-order valence-corrected chi connectivity index (χ3v) is 3.11. The summed E-state index contributed by atoms with van der Waals surface area (Å²) in [6, 6.07) is 0.665. The second-order valence-corrected chi connectivity index (χ2v) is 3.94. The molecule has 2 heterocycles. The molecule has 0 aliphatic carbocycles. The van der Waals surface area contributed by atoms with Gasteiger partial charge in [0.1, 0.15) is 0 Å². The third-order valence-electron chi connectivity index (χ3n) is 3.11. The van der Waals surface area contributed by atoms with Crippen LogP contribution in [0.4, 0.5) is 0 Å². The van der Waals surface area contributed by atoms with Crippen LogP contribution in [0.2, 0.25) is 0 Å². The van der Waals surface area contributed by atoms with Crippen molar-refractivity contribution >= 4 is 0 Å². The summed E-state index contributed by atoms with van der Waals surface area (Å²) in [4.78, 5) is 0. The van der Waals surface area contributed by atoms with Crippen molar-refractivity contribution in [1.29, 1.82) is 0 Å². The van der Waals surface area contributed by atoms with E-state index in [1.807, 2.05) is 20.9 Å². The van der Waals surface area contributed by atoms with Crippen molar-refractivity contribution in [3.05, 3.63) is 0 Å². The minimum absolute atomic E-state index is 0.173. The molecule has 2 rings (SSSR count). The fourth-order valence-corrected chi connectivity index (χ4v) is 2.29. The maximum atomic E-state index is 5.86. The van der Waals surface area contributed by atoms with Gasteiger partial charge in [-0.05, 0) is 32.9 Å². The molecule has 3 nitrogen and oxygen atoms in total. The van der Waals surface area contributed by atoms with E-state index >= 15 is 0 Å². The molecule has 0 aromatic rings. The molecular formula is C11H24N2O. The summed E-state index contributed by atoms with van der Waals surface area (Å²) >= 11 is 0. The van der Waals surface area contributed by atoms with Gasteiger partial charge < -0.3 is 15.4 Å². The first-order valence-corrected chi connectivity index (χ1v) is 5.87. The van der Waals surface area contributed by atoms with Gasteiger partial charge in [-0.15, -0.1) is 0 Å². The average molecular weight is 200 g/mol. The van der Waals surface area contributed by atoms with E-state index in [0.717, 1.165) is 26.1 Å². The molecule has 2 aliphatic heterocycles. The van der Waals surface area contributed by atoms with Gasteiger partial charge in [0.05, 0.1) is 5.60 Å². The summed E-state index contributed by atoms with van der Waals surface area (Å²) in [6.45, 7) is 7.09. The predicted octanol–water partition coefficient (Wildman–Crippen LogP) is 1.14. The summed E-state index contributed by atoms with van der Waals surface area (Å²) in [5.41, 5.74) is 0.173. The lowest BCUT2D eigenvalue weighted by atomic mass is 9.90. The highest BCUT2D eigenvalue weighted by molar-refractivity contribution is 4.95. The molecule has 3 heteroatoms. The molecule has 0 radical (unpaired) electrons. The van der Waals surface area contributed by atoms with E-state index in [0.29, 0.717) is 6.04 Å². The molecule has 0 bridgehead atoms. The predicted molar refractivity (Wildman–Crippen MR) is 59.6 cm³/mol. The molecule has 0 aromatic carbocycles. The Balaban J connectivity index is 0.000000461. The number of hydrogen-bond acceptors (Lipinski definition) is 3. The Morgan fingerprint density at radius 2 is 2.21 bits per heavy atom. The van der Waals surface area contributed by atoms with Gasteiger partial charge in [-0.2, -0.15) is 0 Å². The normalized spacial score (nSPS) is 36.6. The lowest BCUT2D eigenvalue weighted by molar-refractivity contribution is -0.0736. The van der Waals surface area contributed by atoms with Crippen molar-refractivity contribution in [3.8, 4) is 0 Å². The molecule has 2 unspecified atom stereocenters. The first-order valence-electron chi connectivity index (χ1n) is 5.87. The van der Waals surface area contributed by atoms with Crippen LogP contribution in [0.3, 0.4) is 0 Å². The molecule has 2 aliphatic rings. The quantitative estimate of drug-likeness (QED) is 0.666. The topological polar surface area (TPSA) is 33.3 Å². The van der Waals surface area contributed by atoms with E-state index < -0.39 is 0 Å². The van der Waals surface area contributed by atoms with Crippen molar-refractivity contribution in [2.24, 2.45) is 0 Å². The maximum absolute atomic E-state index is 5.86. The highest BCUT2D eigenvalue weighted by Gasteiger charge is 2.39. The van der Waals surface area contributed by atoms with E-state index in [1.54, 1.807) is 0 Å². The summed E-state index contributed by atoms with van der Waals surface area (Å²) in [6.07, 6.45) is 3.53. The monoisotopic (exact) mass is 200 g/mol. The SMILES string of the molecule is CC.CNC1CCOC2(CCNC2)C1. The van der Waals surface area contributed by atoms with Crippen LogP contribution in [0.25, 0.3) is 0 Å². The van der Waals surface area contributed by atoms with E-state index in [2.05, 4.69) is 10.6 Å². The number of rotatable bonds is 1. The fraction of sp³-hybridized carbons (Fsp3) is 1.00. The smallest absolute Gasteiger partial charge is 0.0833 e. The van der Waals surface area contributed by atoms with Crippen molar-refractivity contribution in [1.82, 2.24) is 10.6 Å². The van der Waals surface area contributed by atoms with Gasteiger partial charge in [-0.1, -0.05) is 13.8 Å². The summed E-state index contributed by atoms with van der Waals surface area (Å²) < 4.78 is 5.86. The molecule has 0 amide bonds. The lowest BCUT2D eigenvalue weighted by Gasteiger charge is -2.37. The van der Waals surface area contributed by atoms with Gasteiger partial charge in [0.25, 0.3) is 0 Å². The molecule has 0 aromatic heterocycles. The van der Waals surface area contributed by atoms with Crippen molar-refractivity contribution in [2.75, 3.05) is 26.7 Å². The van der Waals surface area contributed by atoms with Gasteiger partial charge in [0, 0.05) is 19.2 Å². The van der Waals surface area contributed by atoms with Gasteiger partial charge in [0.2, 0.25) is 0 Å². The zero-order chi connectivity index (χ0) is 10.4. The van der Waals surface area contributed by atoms with Crippen molar-refractivity contribution < 1.29 is 4.74 Å². The molecule has 0 saturated carbocycles. The Morgan fingerprint density at radius 3 is 2.79 bits per heavy atom. The Labute approximate surface area is 87.6 Å². The largest absolute Gasteiger partial charge is 0.374 e. The fourth-order valence-electron chi connectivity index (χ4n) is 2.29. The molecule has 2 fully saturated rings. The Bertz CT molecular complexity index is 155. The van der Waals surface area contributed by atoms with E-state index in [9.17, 15) is 0 Å². The highest BCUT2D eigenvalue weighted by atomic mass is 16.5. The van der Waals surface area contributed by atoms with Crippen molar-refractivity contribution in [2.45, 2.75) is 44.8 Å². The van der Waals surface area contributed by atoms with Crippen LogP contribution < -0.4 is 10.6 Å². The molecule has 84 valence electrons. The number of ether oxygens (including phenoxy) is 1. The summed E-state index contributed by atoms with van der Waals surface area (Å²) in [7, 11) is 2.05. The maximum Gasteiger partial charge on any atom is 0.0833 e. The lowest BCUT2D eigenvalue weighted by Crippen LogP contribution is -2.47. The minimum atomic E-state index is 0.173. The van der Waals surface area contributed by atoms with Crippen LogP contribution in [-0.2, 0) is 4.74 Å². The molecule has 2 atom stereocenters. The van der Waals surface area contributed by atoms with E-state index in [4.69, 9.17) is 4.74 Å². The molecule has 2 saturated heterocycles. The van der Waals surface area contributed by atoms with Crippen LogP contribution in [-0.4, -0.2) is 38.4 Å². The molecule has 14 heavy (non-hydrogen) atoms. The zero-order valence-corrected chi connectivity index (χ0v) is 9.73. The second-order valence-electron chi connectivity index (χ2n) is 3.94. The summed E-state index contributed by atoms with van der Waals surface area (Å²) in [5.74, 6) is 0. The average Bonchev–Trinajstić information content (AvgIpc) is 2.69. The standard InChI is InChI=1S/C9H18N2O.C2H6/c1-10-8-2-5-12-9(6-8)3-4-11-7-9;1-2/h8,10-11H,2-7H2,1H3;1-2H3. The van der Waals surface area contributed by atoms with Gasteiger partial charge in [-0.3, -0.25) is 0 Å². The van der Waals surface area contributed by atoms with Crippen LogP contribution in [0.15, 0.2) is 0 Å². The highest BCUT2D eigenvalue weighted by Crippen LogP contribution is 2.30. The number of nitrogens with one attached hydrogen (secondary N) is 2. The number of hydrogen-bond donors (Lipinski definition) is 2. The molecule has 2 N–H and O–H groups in total. The van der Waals surface area contributed by atoms with Crippen molar-refractivity contribution in [3.63, 3.8) is 0 Å². The van der Waals surface area contributed by atoms with Crippen LogP contribution in [0, 0.1) is 0 Å². The van der Waals surface area contributed by atoms with Crippen LogP contribution in [0.1, 0.15) is 33.1 Å². The van der Waals surface area contributed by atoms with Gasteiger partial charge in [0.15, 0.2) is 0 Å². The Morgan fingerprint density at radius 1 is 1.43 bits per heavy atom. The first kappa shape index (κ1) is 12.0. The minimum Gasteiger partial charge on any atom is -0.374 e. The summed E-state index contributed by atoms with van der Waals surface area (Å²) in [5, 5.41) is 6.72. The zero-order valence-electron chi connectivity index (χ0n) is 9.73.